The number of hydrogen-bond acceptors (Lipinski definition) is 3. The second kappa shape index (κ2) is 5.90. The van der Waals surface area contributed by atoms with E-state index in [1.54, 1.807) is 6.07 Å². The number of ether oxygens (including phenoxy) is 1. The third-order valence-corrected chi connectivity index (χ3v) is 2.84. The molecule has 0 spiro atoms. The largest absolute Gasteiger partial charge is 0.492 e. The number of nitriles is 1. The van der Waals surface area contributed by atoms with E-state index < -0.39 is 0 Å². The third-order valence-electron chi connectivity index (χ3n) is 2.54. The van der Waals surface area contributed by atoms with Crippen molar-refractivity contribution in [2.75, 3.05) is 6.61 Å². The van der Waals surface area contributed by atoms with Gasteiger partial charge in [-0.25, -0.2) is 0 Å². The second-order valence-electron chi connectivity index (χ2n) is 4.53. The van der Waals surface area contributed by atoms with E-state index in [2.05, 4.69) is 6.07 Å². The summed E-state index contributed by atoms with van der Waals surface area (Å²) in [6.07, 6.45) is 0.652. The van der Waals surface area contributed by atoms with Crippen LogP contribution in [0.3, 0.4) is 0 Å². The lowest BCUT2D eigenvalue weighted by molar-refractivity contribution is 0.262. The van der Waals surface area contributed by atoms with Gasteiger partial charge in [-0.1, -0.05) is 23.7 Å². The Bertz CT molecular complexity index is 424. The van der Waals surface area contributed by atoms with Crippen LogP contribution in [0.2, 0.25) is 5.02 Å². The summed E-state index contributed by atoms with van der Waals surface area (Å²) in [4.78, 5) is 0. The molecule has 0 saturated carbocycles. The van der Waals surface area contributed by atoms with E-state index in [1.165, 1.54) is 0 Å². The quantitative estimate of drug-likeness (QED) is 0.876. The van der Waals surface area contributed by atoms with Gasteiger partial charge in [0.1, 0.15) is 5.75 Å². The lowest BCUT2D eigenvalue weighted by Gasteiger charge is -2.17. The van der Waals surface area contributed by atoms with Crippen LogP contribution in [0.1, 0.15) is 25.8 Å². The zero-order chi connectivity index (χ0) is 12.9. The summed E-state index contributed by atoms with van der Waals surface area (Å²) in [5.74, 6) is 0.630. The van der Waals surface area contributed by atoms with E-state index in [4.69, 9.17) is 27.3 Å². The van der Waals surface area contributed by atoms with Crippen molar-refractivity contribution in [3.63, 3.8) is 0 Å². The molecule has 3 nitrogen and oxygen atoms in total. The summed E-state index contributed by atoms with van der Waals surface area (Å²) in [7, 11) is 0. The number of benzene rings is 1. The van der Waals surface area contributed by atoms with Gasteiger partial charge in [-0.15, -0.1) is 0 Å². The summed E-state index contributed by atoms with van der Waals surface area (Å²) in [6.45, 7) is 4.61. The first-order chi connectivity index (χ1) is 8.00. The van der Waals surface area contributed by atoms with Gasteiger partial charge < -0.3 is 10.5 Å². The van der Waals surface area contributed by atoms with E-state index in [9.17, 15) is 0 Å². The maximum Gasteiger partial charge on any atom is 0.142 e. The van der Waals surface area contributed by atoms with Crippen molar-refractivity contribution in [3.8, 4) is 11.8 Å². The molecule has 2 N–H and O–H groups in total. The number of halogens is 1. The first-order valence-corrected chi connectivity index (χ1v) is 5.89. The molecule has 0 saturated heterocycles. The number of hydrogen-bond donors (Lipinski definition) is 1. The Labute approximate surface area is 107 Å². The Morgan fingerprint density at radius 1 is 1.47 bits per heavy atom. The fraction of sp³-hybridized carbons (Fsp3) is 0.462. The molecule has 0 unspecified atom stereocenters. The standard InChI is InChI=1S/C13H17ClN2O/c1-13(2,9-16)6-7-17-12-10(8-15)4-3-5-11(12)14/h3-5H,6-8,15H2,1-2H3. The van der Waals surface area contributed by atoms with Gasteiger partial charge in [0.25, 0.3) is 0 Å². The number of nitrogens with zero attached hydrogens (tertiary/aromatic N) is 1. The molecule has 0 aliphatic carbocycles. The highest BCUT2D eigenvalue weighted by Gasteiger charge is 2.17. The Hall–Kier alpha value is -1.24. The van der Waals surface area contributed by atoms with E-state index in [-0.39, 0.29) is 5.41 Å². The minimum absolute atomic E-state index is 0.385. The predicted octanol–water partition coefficient (Wildman–Crippen LogP) is 3.12. The van der Waals surface area contributed by atoms with Crippen molar-refractivity contribution in [1.29, 1.82) is 5.26 Å². The van der Waals surface area contributed by atoms with Gasteiger partial charge in [0, 0.05) is 12.1 Å². The molecule has 0 fully saturated rings. The SMILES string of the molecule is CC(C)(C#N)CCOc1c(Cl)cccc1CN. The van der Waals surface area contributed by atoms with Crippen LogP contribution in [-0.4, -0.2) is 6.61 Å². The third kappa shape index (κ3) is 3.92. The fourth-order valence-corrected chi connectivity index (χ4v) is 1.59. The van der Waals surface area contributed by atoms with Crippen LogP contribution in [0.5, 0.6) is 5.75 Å². The molecule has 92 valence electrons. The molecule has 0 amide bonds. The van der Waals surface area contributed by atoms with Gasteiger partial charge in [0.15, 0.2) is 0 Å². The van der Waals surface area contributed by atoms with E-state index in [0.29, 0.717) is 30.3 Å². The van der Waals surface area contributed by atoms with Crippen LogP contribution in [0, 0.1) is 16.7 Å². The first-order valence-electron chi connectivity index (χ1n) is 5.51. The van der Waals surface area contributed by atoms with Crippen molar-refractivity contribution < 1.29 is 4.74 Å². The average molecular weight is 253 g/mol. The van der Waals surface area contributed by atoms with Crippen molar-refractivity contribution in [2.24, 2.45) is 11.1 Å². The molecular formula is C13H17ClN2O. The molecule has 1 aromatic carbocycles. The smallest absolute Gasteiger partial charge is 0.142 e. The number of rotatable bonds is 5. The van der Waals surface area contributed by atoms with E-state index in [0.717, 1.165) is 5.56 Å². The van der Waals surface area contributed by atoms with Crippen LogP contribution >= 0.6 is 11.6 Å². The monoisotopic (exact) mass is 252 g/mol. The molecule has 1 rings (SSSR count). The molecule has 0 atom stereocenters. The topological polar surface area (TPSA) is 59.0 Å². The van der Waals surface area contributed by atoms with Crippen LogP contribution in [0.25, 0.3) is 0 Å². The van der Waals surface area contributed by atoms with Gasteiger partial charge in [0.05, 0.1) is 23.1 Å². The molecule has 1 aromatic rings. The minimum Gasteiger partial charge on any atom is -0.492 e. The molecule has 0 aliphatic heterocycles. The van der Waals surface area contributed by atoms with Crippen LogP contribution in [-0.2, 0) is 6.54 Å². The predicted molar refractivity (Wildman–Crippen MR) is 68.8 cm³/mol. The number of nitrogens with two attached hydrogens (primary N) is 1. The lowest BCUT2D eigenvalue weighted by Crippen LogP contribution is -2.14. The van der Waals surface area contributed by atoms with Crippen LogP contribution < -0.4 is 10.5 Å². The van der Waals surface area contributed by atoms with Gasteiger partial charge >= 0.3 is 0 Å². The number of para-hydroxylation sites is 1. The molecule has 0 aromatic heterocycles. The Balaban J connectivity index is 2.67. The fourth-order valence-electron chi connectivity index (χ4n) is 1.34. The summed E-state index contributed by atoms with van der Waals surface area (Å²) in [5.41, 5.74) is 6.11. The van der Waals surface area contributed by atoms with Crippen LogP contribution in [0.15, 0.2) is 18.2 Å². The molecule has 0 aliphatic rings. The van der Waals surface area contributed by atoms with Gasteiger partial charge in [-0.3, -0.25) is 0 Å². The molecule has 0 radical (unpaired) electrons. The lowest BCUT2D eigenvalue weighted by atomic mass is 9.92. The summed E-state index contributed by atoms with van der Waals surface area (Å²) in [5, 5.41) is 9.45. The normalized spacial score (nSPS) is 11.0. The maximum atomic E-state index is 8.89. The van der Waals surface area contributed by atoms with Crippen molar-refractivity contribution >= 4 is 11.6 Å². The van der Waals surface area contributed by atoms with Crippen LogP contribution in [0.4, 0.5) is 0 Å². The molecule has 0 bridgehead atoms. The highest BCUT2D eigenvalue weighted by molar-refractivity contribution is 6.32. The van der Waals surface area contributed by atoms with Gasteiger partial charge in [0.2, 0.25) is 0 Å². The summed E-state index contributed by atoms with van der Waals surface area (Å²) < 4.78 is 5.63. The van der Waals surface area contributed by atoms with Crippen molar-refractivity contribution in [1.82, 2.24) is 0 Å². The highest BCUT2D eigenvalue weighted by Crippen LogP contribution is 2.29. The van der Waals surface area contributed by atoms with Gasteiger partial charge in [-0.2, -0.15) is 5.26 Å². The molecule has 0 heterocycles. The molecular weight excluding hydrogens is 236 g/mol. The summed E-state index contributed by atoms with van der Waals surface area (Å²) >= 11 is 6.05. The highest BCUT2D eigenvalue weighted by atomic mass is 35.5. The van der Waals surface area contributed by atoms with Crippen molar-refractivity contribution in [2.45, 2.75) is 26.8 Å². The molecule has 17 heavy (non-hydrogen) atoms. The van der Waals surface area contributed by atoms with Gasteiger partial charge in [-0.05, 0) is 26.3 Å². The van der Waals surface area contributed by atoms with Crippen molar-refractivity contribution in [3.05, 3.63) is 28.8 Å². The average Bonchev–Trinajstić information content (AvgIpc) is 2.31. The second-order valence-corrected chi connectivity index (χ2v) is 4.93. The van der Waals surface area contributed by atoms with E-state index in [1.807, 2.05) is 26.0 Å². The maximum absolute atomic E-state index is 8.89. The zero-order valence-electron chi connectivity index (χ0n) is 10.2. The minimum atomic E-state index is -0.385. The Morgan fingerprint density at radius 3 is 2.76 bits per heavy atom. The van der Waals surface area contributed by atoms with E-state index >= 15 is 0 Å². The molecule has 4 heteroatoms. The Kier molecular flexibility index (Phi) is 4.80. The summed E-state index contributed by atoms with van der Waals surface area (Å²) in [6, 6.07) is 7.73. The Morgan fingerprint density at radius 2 is 2.18 bits per heavy atom. The zero-order valence-corrected chi connectivity index (χ0v) is 10.9. The first kappa shape index (κ1) is 13.8.